The third-order valence-corrected chi connectivity index (χ3v) is 11.2. The predicted molar refractivity (Wildman–Crippen MR) is 183 cm³/mol. The molecule has 1 aliphatic heterocycles. The SMILES string of the molecule is CCc1ccc(N2C(=O)[C@H]3[C@H](CC=C4[C@H]3C[C@H]3C(=O)C(c5ccccc5)=CC(=O)[C@@]3(c3ccccc3)[C@H]4c3cccc(O)c3)C2=O)cc1. The molecule has 0 radical (unpaired) electrons. The van der Waals surface area contributed by atoms with Crippen molar-refractivity contribution in [2.45, 2.75) is 37.5 Å². The summed E-state index contributed by atoms with van der Waals surface area (Å²) in [7, 11) is 0. The maximum atomic E-state index is 15.0. The van der Waals surface area contributed by atoms with E-state index < -0.39 is 35.0 Å². The Bertz CT molecular complexity index is 2030. The zero-order valence-corrected chi connectivity index (χ0v) is 26.6. The number of aromatic hydroxyl groups is 1. The van der Waals surface area contributed by atoms with E-state index >= 15 is 4.79 Å². The molecule has 0 unspecified atom stereocenters. The summed E-state index contributed by atoms with van der Waals surface area (Å²) in [6.07, 6.45) is 4.99. The lowest BCUT2D eigenvalue weighted by Gasteiger charge is -2.55. The molecule has 1 heterocycles. The number of allylic oxidation sites excluding steroid dienone is 4. The van der Waals surface area contributed by atoms with Gasteiger partial charge in [-0.05, 0) is 77.8 Å². The molecule has 48 heavy (non-hydrogen) atoms. The summed E-state index contributed by atoms with van der Waals surface area (Å²) in [4.78, 5) is 59.8. The average molecular weight is 634 g/mol. The lowest BCUT2D eigenvalue weighted by Crippen LogP contribution is -2.58. The Hall–Kier alpha value is -5.36. The molecule has 238 valence electrons. The molecule has 2 fully saturated rings. The highest BCUT2D eigenvalue weighted by molar-refractivity contribution is 6.32. The van der Waals surface area contributed by atoms with Crippen molar-refractivity contribution < 1.29 is 24.3 Å². The van der Waals surface area contributed by atoms with E-state index in [4.69, 9.17) is 0 Å². The highest BCUT2D eigenvalue weighted by Gasteiger charge is 2.66. The van der Waals surface area contributed by atoms with Crippen molar-refractivity contribution in [3.63, 3.8) is 0 Å². The molecule has 3 aliphatic carbocycles. The number of ketones is 2. The number of aryl methyl sites for hydroxylation is 1. The van der Waals surface area contributed by atoms with Gasteiger partial charge in [-0.1, -0.05) is 104 Å². The van der Waals surface area contributed by atoms with Crippen LogP contribution in [0.2, 0.25) is 0 Å². The topological polar surface area (TPSA) is 91.8 Å². The smallest absolute Gasteiger partial charge is 0.238 e. The van der Waals surface area contributed by atoms with Gasteiger partial charge in [0.2, 0.25) is 11.8 Å². The number of phenolic OH excluding ortho intramolecular Hbond substituents is 1. The van der Waals surface area contributed by atoms with Gasteiger partial charge in [0.05, 0.1) is 22.9 Å². The zero-order valence-electron chi connectivity index (χ0n) is 26.6. The van der Waals surface area contributed by atoms with Crippen molar-refractivity contribution in [3.05, 3.63) is 149 Å². The molecule has 4 aromatic carbocycles. The minimum atomic E-state index is -1.32. The number of amides is 2. The number of imide groups is 1. The Morgan fingerprint density at radius 2 is 1.50 bits per heavy atom. The summed E-state index contributed by atoms with van der Waals surface area (Å²) in [6, 6.07) is 33.2. The van der Waals surface area contributed by atoms with E-state index in [2.05, 4.69) is 6.92 Å². The zero-order chi connectivity index (χ0) is 33.2. The Morgan fingerprint density at radius 3 is 2.19 bits per heavy atom. The van der Waals surface area contributed by atoms with E-state index in [9.17, 15) is 19.5 Å². The van der Waals surface area contributed by atoms with Gasteiger partial charge in [0.1, 0.15) is 5.75 Å². The molecule has 6 nitrogen and oxygen atoms in total. The number of carbonyl (C=O) groups excluding carboxylic acids is 4. The summed E-state index contributed by atoms with van der Waals surface area (Å²) in [6.45, 7) is 2.06. The van der Waals surface area contributed by atoms with Crippen LogP contribution in [-0.4, -0.2) is 28.5 Å². The molecule has 4 aliphatic rings. The molecule has 0 spiro atoms. The summed E-state index contributed by atoms with van der Waals surface area (Å²) in [5.41, 5.74) is 3.67. The number of fused-ring (bicyclic) bond motifs is 4. The van der Waals surface area contributed by atoms with Crippen molar-refractivity contribution in [2.24, 2.45) is 23.7 Å². The minimum Gasteiger partial charge on any atom is -0.508 e. The first kappa shape index (κ1) is 30.0. The lowest BCUT2D eigenvalue weighted by molar-refractivity contribution is -0.135. The number of hydrogen-bond acceptors (Lipinski definition) is 5. The fourth-order valence-corrected chi connectivity index (χ4v) is 9.09. The number of phenols is 1. The third-order valence-electron chi connectivity index (χ3n) is 11.2. The van der Waals surface area contributed by atoms with Crippen LogP contribution in [0.1, 0.15) is 47.9 Å². The minimum absolute atomic E-state index is 0.0487. The van der Waals surface area contributed by atoms with Crippen LogP contribution in [0.4, 0.5) is 5.69 Å². The molecule has 2 amide bonds. The first-order valence-electron chi connectivity index (χ1n) is 16.7. The molecule has 6 atom stereocenters. The van der Waals surface area contributed by atoms with E-state index in [1.807, 2.05) is 97.1 Å². The van der Waals surface area contributed by atoms with Crippen molar-refractivity contribution in [1.29, 1.82) is 0 Å². The van der Waals surface area contributed by atoms with Gasteiger partial charge in [-0.25, -0.2) is 0 Å². The maximum Gasteiger partial charge on any atom is 0.238 e. The lowest BCUT2D eigenvalue weighted by atomic mass is 9.44. The van der Waals surface area contributed by atoms with Crippen molar-refractivity contribution in [2.75, 3.05) is 4.90 Å². The van der Waals surface area contributed by atoms with E-state index in [0.29, 0.717) is 28.8 Å². The summed E-state index contributed by atoms with van der Waals surface area (Å²) in [5, 5.41) is 10.7. The van der Waals surface area contributed by atoms with Gasteiger partial charge < -0.3 is 5.11 Å². The number of rotatable bonds is 5. The van der Waals surface area contributed by atoms with Gasteiger partial charge in [-0.2, -0.15) is 0 Å². The second-order valence-electron chi connectivity index (χ2n) is 13.4. The standard InChI is InChI=1S/C42H35NO5/c1-2-25-16-18-29(19-17-25)43-40(47)32-21-20-31-34(37(32)41(43)48)23-35-39(46)33(26-10-5-3-6-11-26)24-36(45)42(35,28-13-7-4-8-14-28)38(31)27-12-9-15-30(44)22-27/h3-20,22,24,32,34-35,37-38,44H,2,21,23H2,1H3/t32-,34+,35-,37-,38-,42-/m0/s1. The summed E-state index contributed by atoms with van der Waals surface area (Å²) in [5.74, 6) is -3.94. The van der Waals surface area contributed by atoms with Gasteiger partial charge >= 0.3 is 0 Å². The van der Waals surface area contributed by atoms with Gasteiger partial charge in [0.25, 0.3) is 0 Å². The fourth-order valence-electron chi connectivity index (χ4n) is 9.09. The van der Waals surface area contributed by atoms with Gasteiger partial charge in [0, 0.05) is 17.4 Å². The quantitative estimate of drug-likeness (QED) is 0.189. The number of anilines is 1. The molecule has 4 aromatic rings. The number of Topliss-reactive ketones (excluding diaryl/α,β-unsaturated/α-hetero) is 1. The number of hydrogen-bond donors (Lipinski definition) is 1. The molecule has 0 bridgehead atoms. The van der Waals surface area contributed by atoms with Crippen LogP contribution >= 0.6 is 0 Å². The summed E-state index contributed by atoms with van der Waals surface area (Å²) >= 11 is 0. The fraction of sp³-hybridized carbons (Fsp3) is 0.238. The maximum absolute atomic E-state index is 15.0. The largest absolute Gasteiger partial charge is 0.508 e. The molecule has 0 aromatic heterocycles. The Kier molecular flexibility index (Phi) is 7.13. The number of nitrogens with zero attached hydrogens (tertiary/aromatic N) is 1. The van der Waals surface area contributed by atoms with E-state index in [1.165, 1.54) is 11.0 Å². The highest BCUT2D eigenvalue weighted by Crippen LogP contribution is 2.63. The molecule has 1 saturated heterocycles. The third kappa shape index (κ3) is 4.32. The van der Waals surface area contributed by atoms with Crippen molar-refractivity contribution in [3.8, 4) is 5.75 Å². The molecular weight excluding hydrogens is 598 g/mol. The Balaban J connectivity index is 1.34. The van der Waals surface area contributed by atoms with Crippen molar-refractivity contribution in [1.82, 2.24) is 0 Å². The second kappa shape index (κ2) is 11.4. The van der Waals surface area contributed by atoms with Gasteiger partial charge in [0.15, 0.2) is 11.6 Å². The highest BCUT2D eigenvalue weighted by atomic mass is 16.3. The summed E-state index contributed by atoms with van der Waals surface area (Å²) < 4.78 is 0. The monoisotopic (exact) mass is 633 g/mol. The molecule has 1 saturated carbocycles. The first-order chi connectivity index (χ1) is 23.3. The second-order valence-corrected chi connectivity index (χ2v) is 13.4. The van der Waals surface area contributed by atoms with Crippen LogP contribution in [-0.2, 0) is 31.0 Å². The van der Waals surface area contributed by atoms with Gasteiger partial charge in [-0.15, -0.1) is 0 Å². The van der Waals surface area contributed by atoms with Crippen LogP contribution in [0.3, 0.4) is 0 Å². The number of carbonyl (C=O) groups is 4. The molecular formula is C42H35NO5. The molecule has 6 heteroatoms. The van der Waals surface area contributed by atoms with E-state index in [-0.39, 0.29) is 35.6 Å². The predicted octanol–water partition coefficient (Wildman–Crippen LogP) is 6.98. The van der Waals surface area contributed by atoms with Crippen LogP contribution < -0.4 is 4.90 Å². The van der Waals surface area contributed by atoms with E-state index in [0.717, 1.165) is 23.1 Å². The Morgan fingerprint density at radius 1 is 0.792 bits per heavy atom. The number of benzene rings is 4. The molecule has 8 rings (SSSR count). The first-order valence-corrected chi connectivity index (χ1v) is 16.7. The normalized spacial score (nSPS) is 27.9. The van der Waals surface area contributed by atoms with Crippen LogP contribution in [0, 0.1) is 23.7 Å². The Labute approximate surface area is 279 Å². The van der Waals surface area contributed by atoms with Gasteiger partial charge in [-0.3, -0.25) is 24.1 Å². The molecule has 1 N–H and O–H groups in total. The van der Waals surface area contributed by atoms with Crippen LogP contribution in [0.15, 0.2) is 127 Å². The van der Waals surface area contributed by atoms with E-state index in [1.54, 1.807) is 18.2 Å². The van der Waals surface area contributed by atoms with Crippen molar-refractivity contribution >= 4 is 34.6 Å². The average Bonchev–Trinajstić information content (AvgIpc) is 3.38. The van der Waals surface area contributed by atoms with Crippen LogP contribution in [0.5, 0.6) is 5.75 Å². The van der Waals surface area contributed by atoms with Crippen LogP contribution in [0.25, 0.3) is 5.57 Å².